The standard InChI is InChI=1S/C16H12F3N3O2/c1-2-11-13(15(23)24)14-20-7-6-12(22(14)21-11)9-4-3-5-10(8-9)16(17,18)19/h3-8H,2H2,1H3,(H,23,24). The van der Waals surface area contributed by atoms with Crippen molar-refractivity contribution in [3.8, 4) is 11.3 Å². The first-order valence-electron chi connectivity index (χ1n) is 7.10. The molecule has 0 unspecified atom stereocenters. The van der Waals surface area contributed by atoms with Crippen molar-refractivity contribution in [2.24, 2.45) is 0 Å². The van der Waals surface area contributed by atoms with Crippen LogP contribution in [0.4, 0.5) is 13.2 Å². The number of carboxylic acid groups (broad SMARTS) is 1. The van der Waals surface area contributed by atoms with Crippen LogP contribution in [-0.4, -0.2) is 25.7 Å². The summed E-state index contributed by atoms with van der Waals surface area (Å²) in [5.74, 6) is -1.17. The third kappa shape index (κ3) is 2.60. The fraction of sp³-hybridized carbons (Fsp3) is 0.188. The minimum atomic E-state index is -4.47. The number of nitrogens with zero attached hydrogens (tertiary/aromatic N) is 3. The summed E-state index contributed by atoms with van der Waals surface area (Å²) in [7, 11) is 0. The summed E-state index contributed by atoms with van der Waals surface area (Å²) in [6, 6.07) is 6.29. The van der Waals surface area contributed by atoms with Gasteiger partial charge in [0.15, 0.2) is 5.65 Å². The van der Waals surface area contributed by atoms with Crippen molar-refractivity contribution in [1.82, 2.24) is 14.6 Å². The van der Waals surface area contributed by atoms with E-state index in [1.807, 2.05) is 0 Å². The van der Waals surface area contributed by atoms with Crippen LogP contribution in [0.2, 0.25) is 0 Å². The Kier molecular flexibility index (Phi) is 3.75. The summed E-state index contributed by atoms with van der Waals surface area (Å²) in [4.78, 5) is 15.5. The van der Waals surface area contributed by atoms with Crippen molar-refractivity contribution < 1.29 is 23.1 Å². The van der Waals surface area contributed by atoms with Gasteiger partial charge in [0, 0.05) is 11.8 Å². The summed E-state index contributed by atoms with van der Waals surface area (Å²) in [6.45, 7) is 1.75. The van der Waals surface area contributed by atoms with Crippen LogP contribution in [-0.2, 0) is 12.6 Å². The van der Waals surface area contributed by atoms with Gasteiger partial charge in [-0.25, -0.2) is 14.3 Å². The van der Waals surface area contributed by atoms with Crippen molar-refractivity contribution in [3.63, 3.8) is 0 Å². The Morgan fingerprint density at radius 2 is 2.04 bits per heavy atom. The molecule has 0 spiro atoms. The lowest BCUT2D eigenvalue weighted by atomic mass is 10.1. The smallest absolute Gasteiger partial charge is 0.416 e. The van der Waals surface area contributed by atoms with Gasteiger partial charge in [-0.3, -0.25) is 0 Å². The van der Waals surface area contributed by atoms with Crippen molar-refractivity contribution in [2.75, 3.05) is 0 Å². The molecule has 0 aliphatic heterocycles. The van der Waals surface area contributed by atoms with E-state index in [1.165, 1.54) is 28.9 Å². The number of alkyl halides is 3. The second-order valence-electron chi connectivity index (χ2n) is 5.12. The Labute approximate surface area is 134 Å². The van der Waals surface area contributed by atoms with E-state index in [2.05, 4.69) is 10.1 Å². The molecule has 3 rings (SSSR count). The topological polar surface area (TPSA) is 67.5 Å². The van der Waals surface area contributed by atoms with E-state index in [0.717, 1.165) is 12.1 Å². The number of fused-ring (bicyclic) bond motifs is 1. The molecule has 0 radical (unpaired) electrons. The number of benzene rings is 1. The summed E-state index contributed by atoms with van der Waals surface area (Å²) in [5.41, 5.74) is 0.230. The van der Waals surface area contributed by atoms with Crippen molar-refractivity contribution in [1.29, 1.82) is 0 Å². The van der Waals surface area contributed by atoms with Gasteiger partial charge in [0.25, 0.3) is 0 Å². The highest BCUT2D eigenvalue weighted by Gasteiger charge is 2.30. The van der Waals surface area contributed by atoms with Gasteiger partial charge in [-0.05, 0) is 24.6 Å². The minimum absolute atomic E-state index is 0.0358. The minimum Gasteiger partial charge on any atom is -0.477 e. The molecule has 0 amide bonds. The van der Waals surface area contributed by atoms with Crippen LogP contribution in [0.25, 0.3) is 16.9 Å². The summed E-state index contributed by atoms with van der Waals surface area (Å²) in [6.07, 6.45) is -2.74. The summed E-state index contributed by atoms with van der Waals surface area (Å²) >= 11 is 0. The molecule has 8 heteroatoms. The molecule has 24 heavy (non-hydrogen) atoms. The van der Waals surface area contributed by atoms with Crippen molar-refractivity contribution in [3.05, 3.63) is 53.3 Å². The highest BCUT2D eigenvalue weighted by atomic mass is 19.4. The second-order valence-corrected chi connectivity index (χ2v) is 5.12. The Bertz CT molecular complexity index is 932. The van der Waals surface area contributed by atoms with E-state index in [1.54, 1.807) is 6.92 Å². The first-order valence-corrected chi connectivity index (χ1v) is 7.10. The van der Waals surface area contributed by atoms with E-state index in [0.29, 0.717) is 17.8 Å². The number of rotatable bonds is 3. The molecule has 0 aliphatic rings. The fourth-order valence-electron chi connectivity index (χ4n) is 2.53. The van der Waals surface area contributed by atoms with Crippen LogP contribution in [0.15, 0.2) is 36.5 Å². The van der Waals surface area contributed by atoms with Crippen molar-refractivity contribution in [2.45, 2.75) is 19.5 Å². The molecule has 3 aromatic rings. The Balaban J connectivity index is 2.27. The normalized spacial score (nSPS) is 11.8. The third-order valence-corrected chi connectivity index (χ3v) is 3.63. The molecule has 1 aromatic carbocycles. The maximum atomic E-state index is 12.9. The van der Waals surface area contributed by atoms with E-state index in [9.17, 15) is 23.1 Å². The predicted octanol–water partition coefficient (Wildman–Crippen LogP) is 3.68. The van der Waals surface area contributed by atoms with Gasteiger partial charge in [-0.2, -0.15) is 18.3 Å². The van der Waals surface area contributed by atoms with Crippen molar-refractivity contribution >= 4 is 11.6 Å². The number of hydrogen-bond donors (Lipinski definition) is 1. The average Bonchev–Trinajstić information content (AvgIpc) is 2.92. The molecule has 0 saturated heterocycles. The first-order chi connectivity index (χ1) is 11.3. The van der Waals surface area contributed by atoms with Crippen LogP contribution < -0.4 is 0 Å². The van der Waals surface area contributed by atoms with Gasteiger partial charge in [0.1, 0.15) is 5.56 Å². The Hall–Kier alpha value is -2.90. The number of aromatic nitrogens is 3. The molecule has 5 nitrogen and oxygen atoms in total. The Morgan fingerprint density at radius 1 is 1.29 bits per heavy atom. The first kappa shape index (κ1) is 16.0. The van der Waals surface area contributed by atoms with Crippen LogP contribution in [0.1, 0.15) is 28.5 Å². The van der Waals surface area contributed by atoms with E-state index in [4.69, 9.17) is 0 Å². The summed E-state index contributed by atoms with van der Waals surface area (Å²) < 4.78 is 40.0. The average molecular weight is 335 g/mol. The number of aromatic carboxylic acids is 1. The predicted molar refractivity (Wildman–Crippen MR) is 79.8 cm³/mol. The number of halogens is 3. The molecular weight excluding hydrogens is 323 g/mol. The van der Waals surface area contributed by atoms with Gasteiger partial charge in [-0.15, -0.1) is 0 Å². The van der Waals surface area contributed by atoms with Crippen LogP contribution >= 0.6 is 0 Å². The van der Waals surface area contributed by atoms with Crippen LogP contribution in [0.3, 0.4) is 0 Å². The van der Waals surface area contributed by atoms with Gasteiger partial charge < -0.3 is 5.11 Å². The number of carbonyl (C=O) groups is 1. The molecule has 1 N–H and O–H groups in total. The molecule has 0 saturated carbocycles. The van der Waals surface area contributed by atoms with Gasteiger partial charge in [0.05, 0.1) is 17.0 Å². The van der Waals surface area contributed by atoms with E-state index >= 15 is 0 Å². The van der Waals surface area contributed by atoms with Crippen LogP contribution in [0.5, 0.6) is 0 Å². The zero-order chi connectivity index (χ0) is 17.5. The number of aryl methyl sites for hydroxylation is 1. The second kappa shape index (κ2) is 5.63. The third-order valence-electron chi connectivity index (χ3n) is 3.63. The zero-order valence-electron chi connectivity index (χ0n) is 12.5. The fourth-order valence-corrected chi connectivity index (χ4v) is 2.53. The summed E-state index contributed by atoms with van der Waals surface area (Å²) in [5, 5.41) is 13.6. The SMILES string of the molecule is CCc1nn2c(-c3cccc(C(F)(F)F)c3)ccnc2c1C(=O)O. The van der Waals surface area contributed by atoms with Crippen LogP contribution in [0, 0.1) is 0 Å². The molecule has 2 aromatic heterocycles. The largest absolute Gasteiger partial charge is 0.477 e. The molecule has 124 valence electrons. The maximum Gasteiger partial charge on any atom is 0.416 e. The molecule has 0 bridgehead atoms. The lowest BCUT2D eigenvalue weighted by Gasteiger charge is -2.09. The number of hydrogen-bond acceptors (Lipinski definition) is 3. The van der Waals surface area contributed by atoms with E-state index < -0.39 is 17.7 Å². The van der Waals surface area contributed by atoms with Gasteiger partial charge in [0.2, 0.25) is 0 Å². The quantitative estimate of drug-likeness (QED) is 0.793. The maximum absolute atomic E-state index is 12.9. The molecule has 2 heterocycles. The van der Waals surface area contributed by atoms with Gasteiger partial charge in [-0.1, -0.05) is 19.1 Å². The highest BCUT2D eigenvalue weighted by molar-refractivity contribution is 5.96. The molecular formula is C16H12F3N3O2. The highest BCUT2D eigenvalue weighted by Crippen LogP contribution is 2.32. The zero-order valence-corrected chi connectivity index (χ0v) is 12.5. The van der Waals surface area contributed by atoms with Gasteiger partial charge >= 0.3 is 12.1 Å². The monoisotopic (exact) mass is 335 g/mol. The number of carboxylic acids is 1. The lowest BCUT2D eigenvalue weighted by Crippen LogP contribution is -2.05. The molecule has 0 aliphatic carbocycles. The lowest BCUT2D eigenvalue weighted by molar-refractivity contribution is -0.137. The Morgan fingerprint density at radius 3 is 2.67 bits per heavy atom. The molecule has 0 fully saturated rings. The van der Waals surface area contributed by atoms with E-state index in [-0.39, 0.29) is 16.8 Å². The molecule has 0 atom stereocenters.